The zero-order chi connectivity index (χ0) is 37.4. The van der Waals surface area contributed by atoms with Crippen LogP contribution in [0.2, 0.25) is 0 Å². The minimum atomic E-state index is -3.56. The van der Waals surface area contributed by atoms with Crippen molar-refractivity contribution in [1.82, 2.24) is 25.1 Å². The van der Waals surface area contributed by atoms with Crippen molar-refractivity contribution in [2.75, 3.05) is 62.5 Å². The molecule has 3 fully saturated rings. The molecule has 15 heteroatoms. The highest BCUT2D eigenvalue weighted by Crippen LogP contribution is 2.40. The number of amides is 3. The van der Waals surface area contributed by atoms with Gasteiger partial charge in [-0.25, -0.2) is 9.78 Å². The smallest absolute Gasteiger partial charge is 0.410 e. The fourth-order valence-electron chi connectivity index (χ4n) is 7.68. The van der Waals surface area contributed by atoms with E-state index in [1.165, 1.54) is 20.4 Å². The van der Waals surface area contributed by atoms with Crippen LogP contribution in [0.1, 0.15) is 82.5 Å². The maximum atomic E-state index is 15.0. The standard InChI is InChI=1S/C37H52F2N8O5/c1-36(2,3)52-35(50)46-15-13-23(14-16-46)21-44(4)27-18-25(19-27)41-32(48)24-11-12-28(30(17-24)51-6)42-34-40-20-29-31(43-34)47(26-9-7-8-10-26)22-37(38,39)33(49)45(29)5/h11-12,17,20,23,25-27H,7-10,13-16,18-19,21-22H2,1-6H3,(H,41,48)(H,40,42,43). The number of rotatable bonds is 9. The molecule has 2 aliphatic heterocycles. The molecule has 6 rings (SSSR count). The van der Waals surface area contributed by atoms with Crippen LogP contribution in [0.4, 0.5) is 36.7 Å². The van der Waals surface area contributed by atoms with Crippen molar-refractivity contribution in [1.29, 1.82) is 0 Å². The number of carbonyl (C=O) groups is 3. The summed E-state index contributed by atoms with van der Waals surface area (Å²) in [5.41, 5.74) is 0.664. The van der Waals surface area contributed by atoms with Crippen molar-refractivity contribution in [3.8, 4) is 5.75 Å². The quantitative estimate of drug-likeness (QED) is 0.345. The number of likely N-dealkylation sites (tertiary alicyclic amines) is 1. The molecule has 1 aromatic carbocycles. The maximum Gasteiger partial charge on any atom is 0.410 e. The third-order valence-electron chi connectivity index (χ3n) is 10.7. The predicted octanol–water partition coefficient (Wildman–Crippen LogP) is 5.43. The number of nitrogens with zero attached hydrogens (tertiary/aromatic N) is 6. The third-order valence-corrected chi connectivity index (χ3v) is 10.7. The van der Waals surface area contributed by atoms with Crippen LogP contribution < -0.4 is 25.2 Å². The van der Waals surface area contributed by atoms with Crippen LogP contribution in [0.25, 0.3) is 0 Å². The second-order valence-corrected chi connectivity index (χ2v) is 15.7. The molecule has 284 valence electrons. The Hall–Kier alpha value is -4.27. The van der Waals surface area contributed by atoms with E-state index in [-0.39, 0.29) is 41.5 Å². The number of aromatic nitrogens is 2. The number of hydrogen-bond donors (Lipinski definition) is 2. The number of fused-ring (bicyclic) bond motifs is 1. The third kappa shape index (κ3) is 8.34. The number of halogens is 2. The number of methoxy groups -OCH3 is 1. The fraction of sp³-hybridized carbons (Fsp3) is 0.649. The lowest BCUT2D eigenvalue weighted by atomic mass is 9.84. The van der Waals surface area contributed by atoms with Crippen LogP contribution >= 0.6 is 0 Å². The summed E-state index contributed by atoms with van der Waals surface area (Å²) in [7, 11) is 4.95. The number of nitrogens with one attached hydrogen (secondary N) is 2. The number of benzene rings is 1. The summed E-state index contributed by atoms with van der Waals surface area (Å²) >= 11 is 0. The molecule has 13 nitrogen and oxygen atoms in total. The van der Waals surface area contributed by atoms with Gasteiger partial charge in [0, 0.05) is 50.4 Å². The van der Waals surface area contributed by atoms with Gasteiger partial charge in [0.15, 0.2) is 5.82 Å². The van der Waals surface area contributed by atoms with Crippen LogP contribution in [-0.2, 0) is 9.53 Å². The lowest BCUT2D eigenvalue weighted by Crippen LogP contribution is -2.54. The average molecular weight is 727 g/mol. The summed E-state index contributed by atoms with van der Waals surface area (Å²) in [6, 6.07) is 5.32. The molecule has 1 aromatic heterocycles. The summed E-state index contributed by atoms with van der Waals surface area (Å²) in [6.45, 7) is 7.26. The minimum Gasteiger partial charge on any atom is -0.495 e. The summed E-state index contributed by atoms with van der Waals surface area (Å²) in [5.74, 6) is -3.72. The molecule has 0 radical (unpaired) electrons. The molecule has 3 amide bonds. The number of ether oxygens (including phenoxy) is 2. The average Bonchev–Trinajstić information content (AvgIpc) is 3.60. The highest BCUT2D eigenvalue weighted by molar-refractivity contribution is 6.02. The molecule has 1 saturated heterocycles. The first-order valence-corrected chi connectivity index (χ1v) is 18.4. The van der Waals surface area contributed by atoms with Crippen LogP contribution in [-0.4, -0.2) is 115 Å². The van der Waals surface area contributed by atoms with E-state index in [0.29, 0.717) is 42.0 Å². The predicted molar refractivity (Wildman–Crippen MR) is 194 cm³/mol. The summed E-state index contributed by atoms with van der Waals surface area (Å²) in [5, 5.41) is 6.26. The van der Waals surface area contributed by atoms with Crippen molar-refractivity contribution >= 4 is 41.0 Å². The lowest BCUT2D eigenvalue weighted by Gasteiger charge is -2.43. The molecular weight excluding hydrogens is 674 g/mol. The number of anilines is 4. The van der Waals surface area contributed by atoms with Crippen molar-refractivity contribution in [2.45, 2.75) is 102 Å². The van der Waals surface area contributed by atoms with Gasteiger partial charge in [-0.3, -0.25) is 9.59 Å². The fourth-order valence-corrected chi connectivity index (χ4v) is 7.68. The molecule has 0 unspecified atom stereocenters. The molecule has 0 atom stereocenters. The molecular formula is C37H52F2N8O5. The van der Waals surface area contributed by atoms with Gasteiger partial charge < -0.3 is 39.7 Å². The van der Waals surface area contributed by atoms with E-state index in [0.717, 1.165) is 62.8 Å². The Morgan fingerprint density at radius 2 is 1.79 bits per heavy atom. The first-order chi connectivity index (χ1) is 24.6. The van der Waals surface area contributed by atoms with Gasteiger partial charge in [-0.15, -0.1) is 0 Å². The van der Waals surface area contributed by atoms with E-state index in [4.69, 9.17) is 9.47 Å². The summed E-state index contributed by atoms with van der Waals surface area (Å²) in [6.07, 6.45) is 8.09. The van der Waals surface area contributed by atoms with E-state index in [1.54, 1.807) is 28.0 Å². The Balaban J connectivity index is 1.03. The topological polar surface area (TPSA) is 132 Å². The molecule has 2 aliphatic carbocycles. The van der Waals surface area contributed by atoms with Crippen molar-refractivity contribution in [3.63, 3.8) is 0 Å². The Bertz CT molecular complexity index is 1630. The highest BCUT2D eigenvalue weighted by atomic mass is 19.3. The monoisotopic (exact) mass is 726 g/mol. The van der Waals surface area contributed by atoms with Gasteiger partial charge in [-0.2, -0.15) is 13.8 Å². The Morgan fingerprint density at radius 3 is 2.44 bits per heavy atom. The first kappa shape index (κ1) is 37.5. The first-order valence-electron chi connectivity index (χ1n) is 18.4. The second kappa shape index (κ2) is 15.0. The lowest BCUT2D eigenvalue weighted by molar-refractivity contribution is -0.140. The van der Waals surface area contributed by atoms with Gasteiger partial charge in [0.05, 0.1) is 25.5 Å². The molecule has 3 heterocycles. The number of hydrogen-bond acceptors (Lipinski definition) is 10. The summed E-state index contributed by atoms with van der Waals surface area (Å²) in [4.78, 5) is 53.9. The van der Waals surface area contributed by atoms with E-state index >= 15 is 0 Å². The van der Waals surface area contributed by atoms with Crippen molar-refractivity contribution in [3.05, 3.63) is 30.0 Å². The van der Waals surface area contributed by atoms with E-state index < -0.39 is 24.0 Å². The molecule has 2 aromatic rings. The largest absolute Gasteiger partial charge is 0.495 e. The Morgan fingerprint density at radius 1 is 1.10 bits per heavy atom. The van der Waals surface area contributed by atoms with Gasteiger partial charge in [-0.05, 0) is 90.5 Å². The van der Waals surface area contributed by atoms with E-state index in [1.807, 2.05) is 20.8 Å². The second-order valence-electron chi connectivity index (χ2n) is 15.7. The molecule has 0 bridgehead atoms. The summed E-state index contributed by atoms with van der Waals surface area (Å²) < 4.78 is 41.1. The maximum absolute atomic E-state index is 15.0. The molecule has 0 spiro atoms. The minimum absolute atomic E-state index is 0.0611. The van der Waals surface area contributed by atoms with Crippen LogP contribution in [0, 0.1) is 5.92 Å². The zero-order valence-electron chi connectivity index (χ0n) is 31.1. The van der Waals surface area contributed by atoms with Crippen molar-refractivity contribution in [2.24, 2.45) is 5.92 Å². The van der Waals surface area contributed by atoms with Gasteiger partial charge in [-0.1, -0.05) is 12.8 Å². The van der Waals surface area contributed by atoms with Crippen molar-refractivity contribution < 1.29 is 32.6 Å². The molecule has 4 aliphatic rings. The van der Waals surface area contributed by atoms with Crippen LogP contribution in [0.15, 0.2) is 24.4 Å². The highest BCUT2D eigenvalue weighted by Gasteiger charge is 2.49. The number of carbonyl (C=O) groups excluding carboxylic acids is 3. The number of alkyl halides is 2. The zero-order valence-corrected chi connectivity index (χ0v) is 31.1. The van der Waals surface area contributed by atoms with E-state index in [9.17, 15) is 23.2 Å². The Labute approximate surface area is 304 Å². The van der Waals surface area contributed by atoms with Gasteiger partial charge in [0.1, 0.15) is 17.0 Å². The van der Waals surface area contributed by atoms with Gasteiger partial charge >= 0.3 is 12.0 Å². The molecule has 2 N–H and O–H groups in total. The van der Waals surface area contributed by atoms with Gasteiger partial charge in [0.25, 0.3) is 11.8 Å². The SMILES string of the molecule is COc1cc(C(=O)NC2CC(N(C)CC3CCN(C(=O)OC(C)(C)C)CC3)C2)ccc1Nc1ncc2c(n1)N(C1CCCC1)CC(F)(F)C(=O)N2C. The normalized spacial score (nSPS) is 22.5. The molecule has 2 saturated carbocycles. The van der Waals surface area contributed by atoms with Crippen LogP contribution in [0.5, 0.6) is 5.75 Å². The molecule has 52 heavy (non-hydrogen) atoms. The number of piperidine rings is 1. The van der Waals surface area contributed by atoms with E-state index in [2.05, 4.69) is 32.5 Å². The van der Waals surface area contributed by atoms with Crippen LogP contribution in [0.3, 0.4) is 0 Å². The Kier molecular flexibility index (Phi) is 10.8. The van der Waals surface area contributed by atoms with Gasteiger partial charge in [0.2, 0.25) is 5.95 Å².